The first-order chi connectivity index (χ1) is 9.06. The second-order valence-corrected chi connectivity index (χ2v) is 5.13. The Hall–Kier alpha value is -1.68. The van der Waals surface area contributed by atoms with Crippen LogP contribution in [-0.2, 0) is 0 Å². The van der Waals surface area contributed by atoms with Crippen LogP contribution < -0.4 is 0 Å². The molecule has 0 saturated heterocycles. The molecule has 0 amide bonds. The van der Waals surface area contributed by atoms with E-state index in [1.54, 1.807) is 12.1 Å². The van der Waals surface area contributed by atoms with Gasteiger partial charge in [0.15, 0.2) is 0 Å². The van der Waals surface area contributed by atoms with Crippen LogP contribution in [0.2, 0.25) is 0 Å². The van der Waals surface area contributed by atoms with Crippen molar-refractivity contribution in [3.05, 3.63) is 59.1 Å². The van der Waals surface area contributed by atoms with Gasteiger partial charge in [-0.05, 0) is 42.7 Å². The van der Waals surface area contributed by atoms with Crippen molar-refractivity contribution in [3.63, 3.8) is 0 Å². The summed E-state index contributed by atoms with van der Waals surface area (Å²) in [6, 6.07) is 6.42. The fourth-order valence-electron chi connectivity index (χ4n) is 2.31. The van der Waals surface area contributed by atoms with Crippen LogP contribution in [-0.4, -0.2) is 5.11 Å². The molecule has 1 saturated carbocycles. The van der Waals surface area contributed by atoms with Crippen LogP contribution in [0.5, 0.6) is 0 Å². The minimum atomic E-state index is -1.28. The first-order valence-electron chi connectivity index (χ1n) is 6.29. The van der Waals surface area contributed by atoms with Crippen molar-refractivity contribution in [1.29, 1.82) is 0 Å². The largest absolute Gasteiger partial charge is 0.463 e. The number of halogens is 2. The average Bonchev–Trinajstić information content (AvgIpc) is 2.92. The highest BCUT2D eigenvalue weighted by Gasteiger charge is 2.37. The van der Waals surface area contributed by atoms with Crippen molar-refractivity contribution in [1.82, 2.24) is 0 Å². The molecule has 1 heterocycles. The van der Waals surface area contributed by atoms with Crippen LogP contribution >= 0.6 is 0 Å². The molecule has 0 radical (unpaired) electrons. The minimum Gasteiger partial charge on any atom is -0.463 e. The molecule has 4 heteroatoms. The van der Waals surface area contributed by atoms with Gasteiger partial charge in [-0.3, -0.25) is 0 Å². The van der Waals surface area contributed by atoms with Gasteiger partial charge in [0.25, 0.3) is 0 Å². The molecule has 1 fully saturated rings. The lowest BCUT2D eigenvalue weighted by Crippen LogP contribution is -2.02. The van der Waals surface area contributed by atoms with Crippen LogP contribution in [0.4, 0.5) is 8.78 Å². The summed E-state index contributed by atoms with van der Waals surface area (Å²) >= 11 is 0. The molecule has 0 bridgehead atoms. The van der Waals surface area contributed by atoms with Crippen LogP contribution in [0.15, 0.2) is 34.7 Å². The second-order valence-electron chi connectivity index (χ2n) is 5.13. The number of benzene rings is 1. The predicted molar refractivity (Wildman–Crippen MR) is 65.6 cm³/mol. The molecular formula is C15H14F2O2. The van der Waals surface area contributed by atoms with Crippen molar-refractivity contribution in [3.8, 4) is 0 Å². The molecule has 1 aromatic carbocycles. The first kappa shape index (κ1) is 12.4. The Kier molecular flexibility index (Phi) is 2.90. The van der Waals surface area contributed by atoms with Crippen LogP contribution in [0.3, 0.4) is 0 Å². The van der Waals surface area contributed by atoms with E-state index in [1.807, 2.05) is 0 Å². The molecule has 0 aliphatic heterocycles. The van der Waals surface area contributed by atoms with Gasteiger partial charge in [-0.15, -0.1) is 0 Å². The number of aliphatic hydroxyl groups excluding tert-OH is 1. The lowest BCUT2D eigenvalue weighted by molar-refractivity contribution is 0.181. The zero-order valence-corrected chi connectivity index (χ0v) is 10.4. The summed E-state index contributed by atoms with van der Waals surface area (Å²) in [6.45, 7) is 2.12. The standard InChI is InChI=1S/C15H14F2O2/c1-8-6-10(8)13-4-5-14(19-13)15(18)11-7-9(16)2-3-12(11)17/h2-5,7-8,10,15,18H,6H2,1H3. The highest BCUT2D eigenvalue weighted by atomic mass is 19.1. The lowest BCUT2D eigenvalue weighted by atomic mass is 10.1. The van der Waals surface area contributed by atoms with Crippen molar-refractivity contribution in [2.24, 2.45) is 5.92 Å². The second kappa shape index (κ2) is 4.46. The Balaban J connectivity index is 1.88. The van der Waals surface area contributed by atoms with Gasteiger partial charge in [0.05, 0.1) is 0 Å². The molecular weight excluding hydrogens is 250 g/mol. The Morgan fingerprint density at radius 2 is 2.00 bits per heavy atom. The fraction of sp³-hybridized carbons (Fsp3) is 0.333. The maximum absolute atomic E-state index is 13.6. The summed E-state index contributed by atoms with van der Waals surface area (Å²) in [5.41, 5.74) is -0.107. The van der Waals surface area contributed by atoms with Crippen molar-refractivity contribution in [2.45, 2.75) is 25.4 Å². The number of hydrogen-bond acceptors (Lipinski definition) is 2. The molecule has 100 valence electrons. The van der Waals surface area contributed by atoms with Gasteiger partial charge in [0.2, 0.25) is 0 Å². The molecule has 1 aliphatic carbocycles. The summed E-state index contributed by atoms with van der Waals surface area (Å²) in [6.07, 6.45) is -0.212. The fourth-order valence-corrected chi connectivity index (χ4v) is 2.31. The molecule has 0 spiro atoms. The van der Waals surface area contributed by atoms with E-state index in [9.17, 15) is 13.9 Å². The summed E-state index contributed by atoms with van der Waals surface area (Å²) in [5.74, 6) is 0.794. The van der Waals surface area contributed by atoms with E-state index < -0.39 is 17.7 Å². The van der Waals surface area contributed by atoms with E-state index in [-0.39, 0.29) is 11.3 Å². The van der Waals surface area contributed by atoms with Crippen LogP contribution in [0, 0.1) is 17.6 Å². The molecule has 3 atom stereocenters. The van der Waals surface area contributed by atoms with Crippen molar-refractivity contribution in [2.75, 3.05) is 0 Å². The van der Waals surface area contributed by atoms with Gasteiger partial charge in [-0.25, -0.2) is 8.78 Å². The quantitative estimate of drug-likeness (QED) is 0.915. The monoisotopic (exact) mass is 264 g/mol. The molecule has 19 heavy (non-hydrogen) atoms. The Morgan fingerprint density at radius 1 is 1.26 bits per heavy atom. The zero-order chi connectivity index (χ0) is 13.6. The molecule has 1 aromatic heterocycles. The third-order valence-corrected chi connectivity index (χ3v) is 3.64. The highest BCUT2D eigenvalue weighted by Crippen LogP contribution is 2.47. The third kappa shape index (κ3) is 2.28. The maximum atomic E-state index is 13.6. The number of furan rings is 1. The summed E-state index contributed by atoms with van der Waals surface area (Å²) in [5, 5.41) is 10.1. The Labute approximate surface area is 109 Å². The predicted octanol–water partition coefficient (Wildman–Crippen LogP) is 3.76. The normalized spacial score (nSPS) is 23.4. The van der Waals surface area contributed by atoms with Gasteiger partial charge in [-0.2, -0.15) is 0 Å². The topological polar surface area (TPSA) is 33.4 Å². The van der Waals surface area contributed by atoms with Gasteiger partial charge in [0.1, 0.15) is 29.3 Å². The van der Waals surface area contributed by atoms with Gasteiger partial charge < -0.3 is 9.52 Å². The first-order valence-corrected chi connectivity index (χ1v) is 6.29. The van der Waals surface area contributed by atoms with E-state index in [0.717, 1.165) is 30.4 Å². The zero-order valence-electron chi connectivity index (χ0n) is 10.4. The van der Waals surface area contributed by atoms with Crippen LogP contribution in [0.25, 0.3) is 0 Å². The Bertz CT molecular complexity index is 606. The van der Waals surface area contributed by atoms with E-state index >= 15 is 0 Å². The molecule has 1 N–H and O–H groups in total. The molecule has 1 aliphatic rings. The van der Waals surface area contributed by atoms with Crippen molar-refractivity contribution < 1.29 is 18.3 Å². The Morgan fingerprint density at radius 3 is 2.68 bits per heavy atom. The smallest absolute Gasteiger partial charge is 0.140 e. The van der Waals surface area contributed by atoms with E-state index in [1.165, 1.54) is 0 Å². The number of aliphatic hydroxyl groups is 1. The third-order valence-electron chi connectivity index (χ3n) is 3.64. The number of hydrogen-bond donors (Lipinski definition) is 1. The average molecular weight is 264 g/mol. The lowest BCUT2D eigenvalue weighted by Gasteiger charge is -2.09. The van der Waals surface area contributed by atoms with E-state index in [4.69, 9.17) is 4.42 Å². The van der Waals surface area contributed by atoms with Crippen LogP contribution in [0.1, 0.15) is 42.5 Å². The van der Waals surface area contributed by atoms with E-state index in [2.05, 4.69) is 6.92 Å². The summed E-state index contributed by atoms with van der Waals surface area (Å²) in [7, 11) is 0. The molecule has 3 rings (SSSR count). The summed E-state index contributed by atoms with van der Waals surface area (Å²) < 4.78 is 32.2. The van der Waals surface area contributed by atoms with Gasteiger partial charge >= 0.3 is 0 Å². The SMILES string of the molecule is CC1CC1c1ccc(C(O)c2cc(F)ccc2F)o1. The maximum Gasteiger partial charge on any atom is 0.140 e. The molecule has 2 aromatic rings. The van der Waals surface area contributed by atoms with E-state index in [0.29, 0.717) is 11.8 Å². The molecule has 2 nitrogen and oxygen atoms in total. The molecule has 3 unspecified atom stereocenters. The van der Waals surface area contributed by atoms with Crippen molar-refractivity contribution >= 4 is 0 Å². The minimum absolute atomic E-state index is 0.107. The van der Waals surface area contributed by atoms with Gasteiger partial charge in [-0.1, -0.05) is 6.92 Å². The highest BCUT2D eigenvalue weighted by molar-refractivity contribution is 5.28. The summed E-state index contributed by atoms with van der Waals surface area (Å²) in [4.78, 5) is 0. The number of rotatable bonds is 3. The van der Waals surface area contributed by atoms with Gasteiger partial charge in [0, 0.05) is 11.5 Å².